The Morgan fingerprint density at radius 3 is 2.35 bits per heavy atom. The maximum atomic E-state index is 12.6. The fourth-order valence-electron chi connectivity index (χ4n) is 1.82. The van der Waals surface area contributed by atoms with E-state index in [1.54, 1.807) is 24.3 Å². The molecule has 0 radical (unpaired) electrons. The van der Waals surface area contributed by atoms with Gasteiger partial charge in [-0.3, -0.25) is 0 Å². The van der Waals surface area contributed by atoms with Gasteiger partial charge in [0.05, 0.1) is 0 Å². The molecule has 0 saturated heterocycles. The van der Waals surface area contributed by atoms with Crippen LogP contribution in [0.5, 0.6) is 0 Å². The van der Waals surface area contributed by atoms with E-state index in [1.165, 1.54) is 6.20 Å². The highest BCUT2D eigenvalue weighted by Crippen LogP contribution is 2.29. The summed E-state index contributed by atoms with van der Waals surface area (Å²) in [6.45, 7) is 0. The number of benzene rings is 1. The van der Waals surface area contributed by atoms with Crippen LogP contribution in [0.3, 0.4) is 0 Å². The van der Waals surface area contributed by atoms with Crippen LogP contribution in [0.2, 0.25) is 5.15 Å². The highest BCUT2D eigenvalue weighted by Gasteiger charge is 2.33. The van der Waals surface area contributed by atoms with Crippen molar-refractivity contribution in [1.82, 2.24) is 20.0 Å². The molecular weight excluding hydrogens is 293 g/mol. The van der Waals surface area contributed by atoms with Gasteiger partial charge >= 0.3 is 6.18 Å². The molecule has 0 N–H and O–H groups in total. The molecule has 0 bridgehead atoms. The minimum absolute atomic E-state index is 0.188. The summed E-state index contributed by atoms with van der Waals surface area (Å²) in [4.78, 5) is 0. The van der Waals surface area contributed by atoms with E-state index in [0.717, 1.165) is 10.7 Å². The van der Waals surface area contributed by atoms with Gasteiger partial charge in [-0.2, -0.15) is 18.3 Å². The standard InChI is InChI=1S/C12H6ClF3N4/c13-10-7-3-1-2-4-8(7)11(18-17-10)20-6-5-9(19-20)12(14,15)16/h1-6H. The van der Waals surface area contributed by atoms with Crippen molar-refractivity contribution >= 4 is 22.4 Å². The van der Waals surface area contributed by atoms with Crippen LogP contribution in [0.25, 0.3) is 16.6 Å². The first-order valence-electron chi connectivity index (χ1n) is 5.51. The predicted octanol–water partition coefficient (Wildman–Crippen LogP) is 3.49. The molecule has 1 aromatic carbocycles. The average Bonchev–Trinajstić information content (AvgIpc) is 2.89. The van der Waals surface area contributed by atoms with Gasteiger partial charge in [-0.25, -0.2) is 4.68 Å². The minimum Gasteiger partial charge on any atom is -0.220 e. The summed E-state index contributed by atoms with van der Waals surface area (Å²) >= 11 is 5.91. The number of alkyl halides is 3. The van der Waals surface area contributed by atoms with Crippen LogP contribution in [0.15, 0.2) is 36.5 Å². The van der Waals surface area contributed by atoms with Gasteiger partial charge < -0.3 is 0 Å². The minimum atomic E-state index is -4.50. The van der Waals surface area contributed by atoms with Gasteiger partial charge in [0.25, 0.3) is 0 Å². The molecule has 3 rings (SSSR count). The molecule has 20 heavy (non-hydrogen) atoms. The lowest BCUT2D eigenvalue weighted by atomic mass is 10.2. The number of hydrogen-bond donors (Lipinski definition) is 0. The van der Waals surface area contributed by atoms with Crippen molar-refractivity contribution in [2.24, 2.45) is 0 Å². The van der Waals surface area contributed by atoms with E-state index in [2.05, 4.69) is 15.3 Å². The van der Waals surface area contributed by atoms with Crippen molar-refractivity contribution in [2.75, 3.05) is 0 Å². The van der Waals surface area contributed by atoms with Gasteiger partial charge in [0, 0.05) is 17.0 Å². The van der Waals surface area contributed by atoms with Crippen LogP contribution in [0.1, 0.15) is 5.69 Å². The molecular formula is C12H6ClF3N4. The molecule has 0 aliphatic carbocycles. The second kappa shape index (κ2) is 4.45. The molecule has 0 fully saturated rings. The van der Waals surface area contributed by atoms with Gasteiger partial charge in [0.2, 0.25) is 0 Å². The molecule has 0 aliphatic heterocycles. The first-order valence-corrected chi connectivity index (χ1v) is 5.89. The van der Waals surface area contributed by atoms with E-state index >= 15 is 0 Å². The van der Waals surface area contributed by atoms with Crippen LogP contribution in [-0.2, 0) is 6.18 Å². The Morgan fingerprint density at radius 2 is 1.70 bits per heavy atom. The van der Waals surface area contributed by atoms with E-state index in [1.807, 2.05) is 0 Å². The number of halogens is 4. The molecule has 0 aliphatic rings. The number of aromatic nitrogens is 4. The summed E-state index contributed by atoms with van der Waals surface area (Å²) in [5.41, 5.74) is -0.988. The van der Waals surface area contributed by atoms with Crippen molar-refractivity contribution in [3.63, 3.8) is 0 Å². The number of hydrogen-bond acceptors (Lipinski definition) is 3. The highest BCUT2D eigenvalue weighted by atomic mass is 35.5. The zero-order valence-electron chi connectivity index (χ0n) is 9.76. The first-order chi connectivity index (χ1) is 9.47. The lowest BCUT2D eigenvalue weighted by molar-refractivity contribution is -0.141. The predicted molar refractivity (Wildman–Crippen MR) is 66.7 cm³/mol. The third kappa shape index (κ3) is 2.09. The quantitative estimate of drug-likeness (QED) is 0.691. The number of nitrogens with zero attached hydrogens (tertiary/aromatic N) is 4. The second-order valence-corrected chi connectivity index (χ2v) is 4.36. The Morgan fingerprint density at radius 1 is 1.00 bits per heavy atom. The number of fused-ring (bicyclic) bond motifs is 1. The Balaban J connectivity index is 2.20. The molecule has 0 spiro atoms. The monoisotopic (exact) mass is 298 g/mol. The van der Waals surface area contributed by atoms with Crippen LogP contribution in [-0.4, -0.2) is 20.0 Å². The molecule has 0 amide bonds. The normalized spacial score (nSPS) is 12.0. The summed E-state index contributed by atoms with van der Waals surface area (Å²) in [5, 5.41) is 12.4. The van der Waals surface area contributed by atoms with E-state index in [4.69, 9.17) is 11.6 Å². The van der Waals surface area contributed by atoms with Crippen LogP contribution in [0, 0.1) is 0 Å². The molecule has 4 nitrogen and oxygen atoms in total. The van der Waals surface area contributed by atoms with Crippen molar-refractivity contribution in [3.8, 4) is 5.82 Å². The van der Waals surface area contributed by atoms with Gasteiger partial charge in [0.15, 0.2) is 16.7 Å². The molecule has 2 heterocycles. The third-order valence-electron chi connectivity index (χ3n) is 2.72. The summed E-state index contributed by atoms with van der Waals surface area (Å²) in [6, 6.07) is 7.77. The topological polar surface area (TPSA) is 43.6 Å². The Hall–Kier alpha value is -2.15. The van der Waals surface area contributed by atoms with Crippen molar-refractivity contribution < 1.29 is 13.2 Å². The summed E-state index contributed by atoms with van der Waals surface area (Å²) in [5.74, 6) is 0.195. The summed E-state index contributed by atoms with van der Waals surface area (Å²) < 4.78 is 38.7. The molecule has 0 atom stereocenters. The van der Waals surface area contributed by atoms with Crippen molar-refractivity contribution in [3.05, 3.63) is 47.4 Å². The van der Waals surface area contributed by atoms with Crippen LogP contribution < -0.4 is 0 Å². The zero-order chi connectivity index (χ0) is 14.3. The van der Waals surface area contributed by atoms with Gasteiger partial charge in [-0.05, 0) is 6.07 Å². The van der Waals surface area contributed by atoms with Gasteiger partial charge in [0.1, 0.15) is 0 Å². The largest absolute Gasteiger partial charge is 0.435 e. The average molecular weight is 299 g/mol. The molecule has 102 valence electrons. The maximum absolute atomic E-state index is 12.6. The van der Waals surface area contributed by atoms with E-state index in [-0.39, 0.29) is 11.0 Å². The molecule has 0 saturated carbocycles. The maximum Gasteiger partial charge on any atom is 0.435 e. The summed E-state index contributed by atoms with van der Waals surface area (Å²) in [7, 11) is 0. The molecule has 3 aromatic rings. The second-order valence-electron chi connectivity index (χ2n) is 4.00. The fraction of sp³-hybridized carbons (Fsp3) is 0.0833. The van der Waals surface area contributed by atoms with Crippen LogP contribution in [0.4, 0.5) is 13.2 Å². The Labute approximate surface area is 115 Å². The van der Waals surface area contributed by atoms with E-state index < -0.39 is 11.9 Å². The summed E-state index contributed by atoms with van der Waals surface area (Å²) in [6.07, 6.45) is -3.31. The van der Waals surface area contributed by atoms with Gasteiger partial charge in [-0.15, -0.1) is 10.2 Å². The van der Waals surface area contributed by atoms with Crippen molar-refractivity contribution in [1.29, 1.82) is 0 Å². The van der Waals surface area contributed by atoms with E-state index in [0.29, 0.717) is 10.8 Å². The first kappa shape index (κ1) is 12.9. The van der Waals surface area contributed by atoms with E-state index in [9.17, 15) is 13.2 Å². The number of rotatable bonds is 1. The Bertz CT molecular complexity index is 782. The molecule has 8 heteroatoms. The Kier molecular flexibility index (Phi) is 2.86. The lowest BCUT2D eigenvalue weighted by Gasteiger charge is -2.06. The smallest absolute Gasteiger partial charge is 0.220 e. The zero-order valence-corrected chi connectivity index (χ0v) is 10.5. The van der Waals surface area contributed by atoms with Gasteiger partial charge in [-0.1, -0.05) is 35.9 Å². The lowest BCUT2D eigenvalue weighted by Crippen LogP contribution is -2.08. The molecule has 2 aromatic heterocycles. The SMILES string of the molecule is FC(F)(F)c1ccn(-c2nnc(Cl)c3ccccc23)n1. The fourth-order valence-corrected chi connectivity index (χ4v) is 2.02. The molecule has 0 unspecified atom stereocenters. The third-order valence-corrected chi connectivity index (χ3v) is 3.00. The van der Waals surface area contributed by atoms with Crippen molar-refractivity contribution in [2.45, 2.75) is 6.18 Å². The van der Waals surface area contributed by atoms with Crippen LogP contribution >= 0.6 is 11.6 Å². The highest BCUT2D eigenvalue weighted by molar-refractivity contribution is 6.34.